The van der Waals surface area contributed by atoms with Gasteiger partial charge in [-0.15, -0.1) is 0 Å². The van der Waals surface area contributed by atoms with Gasteiger partial charge in [0.25, 0.3) is 5.69 Å². The molecule has 1 fully saturated rings. The Labute approximate surface area is 159 Å². The highest BCUT2D eigenvalue weighted by Gasteiger charge is 2.63. The van der Waals surface area contributed by atoms with E-state index in [4.69, 9.17) is 9.05 Å². The number of non-ortho nitro benzene ring substituents is 1. The van der Waals surface area contributed by atoms with Crippen molar-refractivity contribution in [2.75, 3.05) is 14.2 Å². The minimum absolute atomic E-state index is 0.0520. The smallest absolute Gasteiger partial charge is 0.311 e. The van der Waals surface area contributed by atoms with Crippen LogP contribution in [0.5, 0.6) is 0 Å². The maximum absolute atomic E-state index is 13.1. The normalized spacial score (nSPS) is 23.0. The Hall–Kier alpha value is -1.90. The molecule has 1 saturated heterocycles. The van der Waals surface area contributed by atoms with Crippen LogP contribution in [0.4, 0.5) is 5.69 Å². The lowest BCUT2D eigenvalue weighted by molar-refractivity contribution is -0.384. The first-order valence-electron chi connectivity index (χ1n) is 8.05. The van der Waals surface area contributed by atoms with Crippen molar-refractivity contribution < 1.29 is 22.7 Å². The van der Waals surface area contributed by atoms with Gasteiger partial charge in [0.1, 0.15) is 16.8 Å². The number of nitro benzene ring substituents is 1. The molecule has 2 aromatic carbocycles. The molecule has 0 aromatic heterocycles. The van der Waals surface area contributed by atoms with Crippen LogP contribution in [0.25, 0.3) is 0 Å². The minimum atomic E-state index is -3.54. The molecule has 1 unspecified atom stereocenters. The summed E-state index contributed by atoms with van der Waals surface area (Å²) in [6, 6.07) is 12.5. The summed E-state index contributed by atoms with van der Waals surface area (Å²) in [5, 5.41) is 10.9. The van der Waals surface area contributed by atoms with Gasteiger partial charge >= 0.3 is 7.60 Å². The largest absolute Gasteiger partial charge is 0.350 e. The third kappa shape index (κ3) is 3.74. The summed E-state index contributed by atoms with van der Waals surface area (Å²) in [7, 11) is -2.56. The van der Waals surface area contributed by atoms with Crippen molar-refractivity contribution in [3.05, 3.63) is 69.8 Å². The number of benzene rings is 2. The van der Waals surface area contributed by atoms with Gasteiger partial charge in [0.2, 0.25) is 0 Å². The number of nitrogens with zero attached hydrogens (tertiary/aromatic N) is 2. The molecule has 144 valence electrons. The van der Waals surface area contributed by atoms with Crippen LogP contribution in [0.15, 0.2) is 53.4 Å². The third-order valence-corrected chi connectivity index (χ3v) is 8.29. The molecule has 0 amide bonds. The number of hydrogen-bond acceptors (Lipinski definition) is 6. The summed E-state index contributed by atoms with van der Waals surface area (Å²) in [6.07, 6.45) is 0. The molecular formula is C17H19N2O6PS. The van der Waals surface area contributed by atoms with E-state index in [-0.39, 0.29) is 5.69 Å². The lowest BCUT2D eigenvalue weighted by atomic mass is 10.1. The van der Waals surface area contributed by atoms with Gasteiger partial charge in [-0.3, -0.25) is 14.7 Å². The second-order valence-corrected chi connectivity index (χ2v) is 9.76. The van der Waals surface area contributed by atoms with Gasteiger partial charge in [0.15, 0.2) is 0 Å². The highest BCUT2D eigenvalue weighted by Crippen LogP contribution is 2.68. The van der Waals surface area contributed by atoms with Crippen molar-refractivity contribution >= 4 is 24.3 Å². The number of nitro groups is 1. The molecule has 1 heterocycles. The molecule has 8 nitrogen and oxygen atoms in total. The van der Waals surface area contributed by atoms with E-state index in [2.05, 4.69) is 0 Å². The van der Waals surface area contributed by atoms with Gasteiger partial charge in [-0.05, 0) is 24.6 Å². The Bertz CT molecular complexity index is 910. The standard InChI is InChI=1S/C17H19N2O6PS/c1-12-4-10-15(11-5-12)27(23)18-16(17(18)26(22,24-2)25-3)13-6-8-14(9-7-13)19(20)21/h4-11,16-17H,1-3H3/t16-,17-,18?,27+/m1/s1. The predicted octanol–water partition coefficient (Wildman–Crippen LogP) is 3.79. The lowest BCUT2D eigenvalue weighted by Crippen LogP contribution is -2.09. The van der Waals surface area contributed by atoms with E-state index in [1.807, 2.05) is 19.1 Å². The molecule has 0 spiro atoms. The van der Waals surface area contributed by atoms with Crippen LogP contribution in [-0.2, 0) is 24.6 Å². The molecule has 3 rings (SSSR count). The molecule has 27 heavy (non-hydrogen) atoms. The molecule has 1 aliphatic rings. The van der Waals surface area contributed by atoms with E-state index in [1.54, 1.807) is 28.6 Å². The van der Waals surface area contributed by atoms with Gasteiger partial charge in [-0.25, -0.2) is 4.21 Å². The van der Waals surface area contributed by atoms with Crippen molar-refractivity contribution in [3.8, 4) is 0 Å². The first-order valence-corrected chi connectivity index (χ1v) is 10.8. The first kappa shape index (κ1) is 19.9. The van der Waals surface area contributed by atoms with Crippen molar-refractivity contribution in [2.45, 2.75) is 23.6 Å². The third-order valence-electron chi connectivity index (χ3n) is 4.42. The van der Waals surface area contributed by atoms with Crippen molar-refractivity contribution in [1.82, 2.24) is 4.31 Å². The molecular weight excluding hydrogens is 391 g/mol. The highest BCUT2D eigenvalue weighted by atomic mass is 32.2. The zero-order valence-electron chi connectivity index (χ0n) is 15.0. The van der Waals surface area contributed by atoms with Crippen LogP contribution in [0.2, 0.25) is 0 Å². The van der Waals surface area contributed by atoms with E-state index in [0.717, 1.165) is 5.56 Å². The number of hydrogen-bond donors (Lipinski definition) is 0. The SMILES string of the molecule is COP(=O)(OC)[C@@H]1[C@@H](c2ccc([N+](=O)[O-])cc2)N1[S@@](=O)c1ccc(C)cc1. The lowest BCUT2D eigenvalue weighted by Gasteiger charge is -2.13. The molecule has 0 N–H and O–H groups in total. The Balaban J connectivity index is 1.96. The van der Waals surface area contributed by atoms with Crippen LogP contribution in [-0.4, -0.2) is 33.4 Å². The maximum atomic E-state index is 13.1. The van der Waals surface area contributed by atoms with Crippen molar-refractivity contribution in [3.63, 3.8) is 0 Å². The number of rotatable bonds is 7. The van der Waals surface area contributed by atoms with Gasteiger partial charge in [-0.1, -0.05) is 29.8 Å². The predicted molar refractivity (Wildman–Crippen MR) is 101 cm³/mol. The Morgan fingerprint density at radius 3 is 2.11 bits per heavy atom. The van der Waals surface area contributed by atoms with Crippen LogP contribution in [0.1, 0.15) is 17.2 Å². The van der Waals surface area contributed by atoms with E-state index < -0.39 is 35.3 Å². The summed E-state index contributed by atoms with van der Waals surface area (Å²) >= 11 is 0. The first-order chi connectivity index (χ1) is 12.8. The average molecular weight is 410 g/mol. The van der Waals surface area contributed by atoms with E-state index in [1.165, 1.54) is 26.4 Å². The molecule has 0 aliphatic carbocycles. The summed E-state index contributed by atoms with van der Waals surface area (Å²) in [5.41, 5.74) is 1.63. The van der Waals surface area contributed by atoms with Crippen LogP contribution >= 0.6 is 7.60 Å². The molecule has 0 saturated carbocycles. The fourth-order valence-electron chi connectivity index (χ4n) is 2.89. The van der Waals surface area contributed by atoms with E-state index in [9.17, 15) is 18.9 Å². The molecule has 4 atom stereocenters. The summed E-state index contributed by atoms with van der Waals surface area (Å²) in [5.74, 6) is -0.740. The zero-order chi connectivity index (χ0) is 19.8. The van der Waals surface area contributed by atoms with Crippen LogP contribution in [0.3, 0.4) is 0 Å². The second-order valence-electron chi connectivity index (χ2n) is 6.03. The highest BCUT2D eigenvalue weighted by molar-refractivity contribution is 7.83. The monoisotopic (exact) mass is 410 g/mol. The topological polar surface area (TPSA) is 98.8 Å². The van der Waals surface area contributed by atoms with Crippen LogP contribution < -0.4 is 0 Å². The molecule has 0 radical (unpaired) electrons. The van der Waals surface area contributed by atoms with Gasteiger partial charge < -0.3 is 9.05 Å². The maximum Gasteiger partial charge on any atom is 0.350 e. The Kier molecular flexibility index (Phi) is 5.60. The van der Waals surface area contributed by atoms with E-state index >= 15 is 0 Å². The quantitative estimate of drug-likeness (QED) is 0.298. The average Bonchev–Trinajstić information content (AvgIpc) is 3.44. The Morgan fingerprint density at radius 1 is 1.07 bits per heavy atom. The zero-order valence-corrected chi connectivity index (χ0v) is 16.7. The number of aryl methyl sites for hydroxylation is 1. The molecule has 0 bridgehead atoms. The molecule has 10 heteroatoms. The van der Waals surface area contributed by atoms with Gasteiger partial charge in [0, 0.05) is 26.4 Å². The Morgan fingerprint density at radius 2 is 1.63 bits per heavy atom. The van der Waals surface area contributed by atoms with Crippen molar-refractivity contribution in [1.29, 1.82) is 0 Å². The summed E-state index contributed by atoms with van der Waals surface area (Å²) in [4.78, 5) is 10.9. The fraction of sp³-hybridized carbons (Fsp3) is 0.294. The van der Waals surface area contributed by atoms with Gasteiger partial charge in [-0.2, -0.15) is 4.31 Å². The van der Waals surface area contributed by atoms with E-state index in [0.29, 0.717) is 10.5 Å². The fourth-order valence-corrected chi connectivity index (χ4v) is 6.49. The summed E-state index contributed by atoms with van der Waals surface area (Å²) < 4.78 is 37.8. The molecule has 2 aromatic rings. The second kappa shape index (κ2) is 7.61. The van der Waals surface area contributed by atoms with Crippen molar-refractivity contribution in [2.24, 2.45) is 0 Å². The summed E-state index contributed by atoms with van der Waals surface area (Å²) in [6.45, 7) is 1.93. The van der Waals surface area contributed by atoms with Gasteiger partial charge in [0.05, 0.1) is 15.9 Å². The minimum Gasteiger partial charge on any atom is -0.311 e. The molecule has 1 aliphatic heterocycles. The van der Waals surface area contributed by atoms with Crippen LogP contribution in [0, 0.1) is 17.0 Å².